The maximum Gasteiger partial charge on any atom is 0.162 e. The van der Waals surface area contributed by atoms with Gasteiger partial charge in [-0.15, -0.1) is 11.8 Å². The summed E-state index contributed by atoms with van der Waals surface area (Å²) < 4.78 is 6.37. The summed E-state index contributed by atoms with van der Waals surface area (Å²) in [5.41, 5.74) is 3.21. The first-order chi connectivity index (χ1) is 15.5. The smallest absolute Gasteiger partial charge is 0.162 e. The minimum atomic E-state index is 0.383. The van der Waals surface area contributed by atoms with Gasteiger partial charge in [0, 0.05) is 25.8 Å². The molecule has 5 nitrogen and oxygen atoms in total. The fourth-order valence-electron chi connectivity index (χ4n) is 3.07. The first kappa shape index (κ1) is 23.1. The highest BCUT2D eigenvalue weighted by atomic mass is 127. The van der Waals surface area contributed by atoms with E-state index in [4.69, 9.17) is 37.7 Å². The van der Waals surface area contributed by atoms with Crippen LogP contribution in [-0.4, -0.2) is 21.4 Å². The molecule has 0 aliphatic rings. The lowest BCUT2D eigenvalue weighted by Crippen LogP contribution is -2.07. The van der Waals surface area contributed by atoms with E-state index in [2.05, 4.69) is 39.6 Å². The van der Waals surface area contributed by atoms with Gasteiger partial charge in [0.2, 0.25) is 0 Å². The van der Waals surface area contributed by atoms with Crippen molar-refractivity contribution in [1.29, 1.82) is 0 Å². The van der Waals surface area contributed by atoms with E-state index in [0.29, 0.717) is 39.7 Å². The van der Waals surface area contributed by atoms with Gasteiger partial charge in [0.25, 0.3) is 0 Å². The fraction of sp³-hybridized carbons (Fsp3) is 0.0870. The van der Waals surface area contributed by atoms with E-state index in [-0.39, 0.29) is 0 Å². The maximum atomic E-state index is 6.30. The summed E-state index contributed by atoms with van der Waals surface area (Å²) in [6.45, 7) is 4.49. The van der Waals surface area contributed by atoms with Gasteiger partial charge in [-0.3, -0.25) is 0 Å². The van der Waals surface area contributed by atoms with Crippen LogP contribution in [0, 0.1) is 0 Å². The molecule has 32 heavy (non-hydrogen) atoms. The molecule has 0 aliphatic heterocycles. The van der Waals surface area contributed by atoms with E-state index in [1.54, 1.807) is 23.9 Å². The van der Waals surface area contributed by atoms with Gasteiger partial charge in [0.15, 0.2) is 11.6 Å². The second kappa shape index (κ2) is 10.2. The molecule has 0 saturated carbocycles. The predicted molar refractivity (Wildman–Crippen MR) is 142 cm³/mol. The molecule has 4 aromatic rings. The summed E-state index contributed by atoms with van der Waals surface area (Å²) in [5.74, 6) is 1.97. The number of nitrogens with zero attached hydrogens (tertiary/aromatic N) is 3. The van der Waals surface area contributed by atoms with Crippen LogP contribution in [0.2, 0.25) is 10.0 Å². The van der Waals surface area contributed by atoms with Gasteiger partial charge in [0.05, 0.1) is 17.1 Å². The van der Waals surface area contributed by atoms with Crippen LogP contribution >= 0.6 is 57.6 Å². The van der Waals surface area contributed by atoms with Crippen LogP contribution in [0.3, 0.4) is 0 Å². The van der Waals surface area contributed by atoms with Crippen LogP contribution in [0.1, 0.15) is 11.3 Å². The molecule has 0 atom stereocenters. The van der Waals surface area contributed by atoms with Crippen molar-refractivity contribution in [3.63, 3.8) is 0 Å². The molecule has 9 heteroatoms. The molecule has 0 aliphatic carbocycles. The molecular weight excluding hydrogens is 578 g/mol. The van der Waals surface area contributed by atoms with Crippen LogP contribution in [-0.2, 0) is 6.54 Å². The second-order valence-electron chi connectivity index (χ2n) is 6.71. The lowest BCUT2D eigenvalue weighted by molar-refractivity contribution is 0.390. The molecule has 2 aromatic heterocycles. The number of hydrogen-bond donors (Lipinski definition) is 1. The Hall–Kier alpha value is -2.07. The Morgan fingerprint density at radius 2 is 1.91 bits per heavy atom. The molecule has 0 bridgehead atoms. The van der Waals surface area contributed by atoms with Crippen molar-refractivity contribution in [3.8, 4) is 22.6 Å². The number of nitrogens with one attached hydrogen (secondary N) is 1. The summed E-state index contributed by atoms with van der Waals surface area (Å²) in [4.78, 5) is 9.52. The number of anilines is 1. The average molecular weight is 595 g/mol. The van der Waals surface area contributed by atoms with Crippen molar-refractivity contribution in [1.82, 2.24) is 15.1 Å². The zero-order valence-electron chi connectivity index (χ0n) is 16.9. The van der Waals surface area contributed by atoms with Gasteiger partial charge in [0.1, 0.15) is 16.5 Å². The van der Waals surface area contributed by atoms with E-state index < -0.39 is 0 Å². The normalized spacial score (nSPS) is 10.9. The highest BCUT2D eigenvalue weighted by Crippen LogP contribution is 2.36. The maximum absolute atomic E-state index is 6.30. The minimum Gasteiger partial charge on any atom is -0.362 e. The first-order valence-electron chi connectivity index (χ1n) is 9.47. The van der Waals surface area contributed by atoms with E-state index in [0.717, 1.165) is 25.3 Å². The van der Waals surface area contributed by atoms with Crippen LogP contribution < -0.4 is 5.32 Å². The third kappa shape index (κ3) is 5.11. The summed E-state index contributed by atoms with van der Waals surface area (Å²) >= 11 is 16.0. The van der Waals surface area contributed by atoms with E-state index >= 15 is 0 Å². The first-order valence-corrected chi connectivity index (χ1v) is 12.5. The zero-order chi connectivity index (χ0) is 22.7. The number of thioether (sulfide) groups is 1. The molecule has 1 N–H and O–H groups in total. The third-order valence-corrected chi connectivity index (χ3v) is 6.34. The molecule has 0 radical (unpaired) electrons. The Labute approximate surface area is 213 Å². The molecule has 0 fully saturated rings. The number of hydrogen-bond acceptors (Lipinski definition) is 6. The van der Waals surface area contributed by atoms with Gasteiger partial charge in [-0.05, 0) is 47.0 Å². The molecular formula is C23H17Cl2IN4OS. The summed E-state index contributed by atoms with van der Waals surface area (Å²) in [6.07, 6.45) is 1.99. The minimum absolute atomic E-state index is 0.383. The molecule has 4 rings (SSSR count). The summed E-state index contributed by atoms with van der Waals surface area (Å²) in [7, 11) is 0. The molecule has 0 amide bonds. The fourth-order valence-corrected chi connectivity index (χ4v) is 4.87. The van der Waals surface area contributed by atoms with E-state index in [9.17, 15) is 0 Å². The lowest BCUT2D eigenvalue weighted by Gasteiger charge is -2.14. The van der Waals surface area contributed by atoms with Gasteiger partial charge in [-0.25, -0.2) is 9.97 Å². The Morgan fingerprint density at radius 3 is 2.59 bits per heavy atom. The largest absolute Gasteiger partial charge is 0.362 e. The van der Waals surface area contributed by atoms with Crippen LogP contribution in [0.4, 0.5) is 5.82 Å². The summed E-state index contributed by atoms with van der Waals surface area (Å²) in [5, 5.41) is 9.45. The molecule has 162 valence electrons. The van der Waals surface area contributed by atoms with Crippen molar-refractivity contribution in [2.45, 2.75) is 11.6 Å². The van der Waals surface area contributed by atoms with Gasteiger partial charge < -0.3 is 9.84 Å². The highest BCUT2D eigenvalue weighted by Gasteiger charge is 2.17. The number of rotatable bonds is 7. The monoisotopic (exact) mass is 594 g/mol. The van der Waals surface area contributed by atoms with E-state index in [1.165, 1.54) is 0 Å². The van der Waals surface area contributed by atoms with Gasteiger partial charge in [-0.1, -0.05) is 65.3 Å². The zero-order valence-corrected chi connectivity index (χ0v) is 21.4. The standard InChI is InChI=1S/C23H17Cl2IN4OS/c1-13(26)20-22(28-21(29-23(20)32-2)14-6-4-3-5-7-14)27-12-16-11-19(30-31-16)17-9-8-15(24)10-18(17)25/h3-11H,1,12H2,2H3,(H,27,28,29). The van der Waals surface area contributed by atoms with Crippen molar-refractivity contribution >= 4 is 67.0 Å². The second-order valence-corrected chi connectivity index (χ2v) is 9.65. The Balaban J connectivity index is 1.64. The lowest BCUT2D eigenvalue weighted by atomic mass is 10.1. The highest BCUT2D eigenvalue weighted by molar-refractivity contribution is 14.1. The Bertz CT molecular complexity index is 1280. The quantitative estimate of drug-likeness (QED) is 0.134. The molecule has 2 heterocycles. The van der Waals surface area contributed by atoms with E-state index in [1.807, 2.05) is 48.7 Å². The van der Waals surface area contributed by atoms with Crippen LogP contribution in [0.25, 0.3) is 26.2 Å². The number of benzene rings is 2. The average Bonchev–Trinajstić information content (AvgIpc) is 3.26. The number of halogens is 3. The predicted octanol–water partition coefficient (Wildman–Crippen LogP) is 7.85. The Kier molecular flexibility index (Phi) is 7.40. The van der Waals surface area contributed by atoms with Crippen LogP contribution in [0.5, 0.6) is 0 Å². The van der Waals surface area contributed by atoms with Crippen molar-refractivity contribution in [2.24, 2.45) is 0 Å². The van der Waals surface area contributed by atoms with Crippen molar-refractivity contribution in [2.75, 3.05) is 11.6 Å². The van der Waals surface area contributed by atoms with Gasteiger partial charge in [-0.2, -0.15) is 0 Å². The summed E-state index contributed by atoms with van der Waals surface area (Å²) in [6, 6.07) is 17.0. The third-order valence-electron chi connectivity index (χ3n) is 4.57. The van der Waals surface area contributed by atoms with Crippen molar-refractivity contribution in [3.05, 3.63) is 82.5 Å². The van der Waals surface area contributed by atoms with Crippen LogP contribution in [0.15, 0.2) is 70.7 Å². The van der Waals surface area contributed by atoms with Gasteiger partial charge >= 0.3 is 0 Å². The Morgan fingerprint density at radius 1 is 1.12 bits per heavy atom. The number of aromatic nitrogens is 3. The SMILES string of the molecule is C=C(I)c1c(NCc2cc(-c3ccc(Cl)cc3Cl)no2)nc(-c2ccccc2)nc1SC. The topological polar surface area (TPSA) is 63.8 Å². The molecule has 0 spiro atoms. The van der Waals surface area contributed by atoms with Crippen molar-refractivity contribution < 1.29 is 4.52 Å². The molecule has 0 saturated heterocycles. The molecule has 0 unspecified atom stereocenters. The molecule has 2 aromatic carbocycles.